The summed E-state index contributed by atoms with van der Waals surface area (Å²) >= 11 is 24.4. The van der Waals surface area contributed by atoms with E-state index in [1.54, 1.807) is 0 Å². The lowest BCUT2D eigenvalue weighted by molar-refractivity contribution is 1.73. The topological polar surface area (TPSA) is 0 Å². The van der Waals surface area contributed by atoms with Crippen LogP contribution in [-0.2, 0) is 0 Å². The second-order valence-corrected chi connectivity index (χ2v) is 11.2. The van der Waals surface area contributed by atoms with E-state index in [1.807, 2.05) is 24.3 Å². The van der Waals surface area contributed by atoms with Crippen molar-refractivity contribution in [1.82, 2.24) is 0 Å². The normalized spacial score (nSPS) is 12.0. The molecule has 0 spiro atoms. The standard InChI is InChI=1S/C13H12Cl4Si2/c14-8-3-1-5-10(12(8)16)18-7-19-11-6-2-4-9(15)13(11)17/h1-6H,7,18-19H2. The maximum Gasteiger partial charge on any atom is 0.0590 e. The Bertz CT molecular complexity index is 535. The van der Waals surface area contributed by atoms with Crippen LogP contribution in [0.5, 0.6) is 0 Å². The van der Waals surface area contributed by atoms with E-state index in [0.717, 1.165) is 10.0 Å². The fraction of sp³-hybridized carbons (Fsp3) is 0.0769. The van der Waals surface area contributed by atoms with Crippen LogP contribution >= 0.6 is 46.4 Å². The highest BCUT2D eigenvalue weighted by atomic mass is 35.5. The number of hydrogen-bond donors (Lipinski definition) is 0. The molecule has 0 saturated heterocycles. The Kier molecular flexibility index (Phi) is 5.81. The van der Waals surface area contributed by atoms with Gasteiger partial charge in [-0.05, 0) is 22.5 Å². The van der Waals surface area contributed by atoms with Crippen molar-refractivity contribution < 1.29 is 0 Å². The van der Waals surface area contributed by atoms with Gasteiger partial charge in [0, 0.05) is 0 Å². The van der Waals surface area contributed by atoms with Crippen LogP contribution in [0.2, 0.25) is 25.8 Å². The van der Waals surface area contributed by atoms with E-state index in [9.17, 15) is 0 Å². The summed E-state index contributed by atoms with van der Waals surface area (Å²) in [6.07, 6.45) is 0. The van der Waals surface area contributed by atoms with E-state index < -0.39 is 19.0 Å². The van der Waals surface area contributed by atoms with Crippen LogP contribution in [0.1, 0.15) is 0 Å². The predicted octanol–water partition coefficient (Wildman–Crippen LogP) is 2.96. The Morgan fingerprint density at radius 1 is 0.684 bits per heavy atom. The van der Waals surface area contributed by atoms with Crippen molar-refractivity contribution in [2.24, 2.45) is 0 Å². The first-order valence-corrected chi connectivity index (χ1v) is 10.9. The van der Waals surface area contributed by atoms with Gasteiger partial charge >= 0.3 is 0 Å². The Morgan fingerprint density at radius 3 is 1.53 bits per heavy atom. The molecule has 0 amide bonds. The zero-order chi connectivity index (χ0) is 13.8. The van der Waals surface area contributed by atoms with Crippen LogP contribution in [-0.4, -0.2) is 19.0 Å². The summed E-state index contributed by atoms with van der Waals surface area (Å²) in [6.45, 7) is 0. The molecular formula is C13H12Cl4Si2. The van der Waals surface area contributed by atoms with Gasteiger partial charge in [0.2, 0.25) is 0 Å². The molecule has 0 aliphatic carbocycles. The van der Waals surface area contributed by atoms with Gasteiger partial charge in [-0.15, -0.1) is 0 Å². The second-order valence-electron chi connectivity index (χ2n) is 4.28. The van der Waals surface area contributed by atoms with E-state index in [0.29, 0.717) is 10.0 Å². The first kappa shape index (κ1) is 15.4. The van der Waals surface area contributed by atoms with Gasteiger partial charge in [-0.25, -0.2) is 0 Å². The minimum atomic E-state index is -0.390. The van der Waals surface area contributed by atoms with Crippen molar-refractivity contribution in [3.05, 3.63) is 56.5 Å². The van der Waals surface area contributed by atoms with E-state index in [-0.39, 0.29) is 0 Å². The van der Waals surface area contributed by atoms with Gasteiger partial charge in [-0.1, -0.05) is 76.3 Å². The molecule has 0 nitrogen and oxygen atoms in total. The first-order valence-electron chi connectivity index (χ1n) is 5.95. The molecule has 2 rings (SSSR count). The molecule has 19 heavy (non-hydrogen) atoms. The molecule has 0 fully saturated rings. The van der Waals surface area contributed by atoms with Crippen LogP contribution in [0.3, 0.4) is 0 Å². The lowest BCUT2D eigenvalue weighted by atomic mass is 10.4. The maximum atomic E-state index is 6.20. The van der Waals surface area contributed by atoms with Crippen LogP contribution in [0.25, 0.3) is 0 Å². The molecule has 6 heteroatoms. The van der Waals surface area contributed by atoms with E-state index in [1.165, 1.54) is 16.0 Å². The van der Waals surface area contributed by atoms with Gasteiger partial charge in [-0.3, -0.25) is 0 Å². The molecular weight excluding hydrogens is 354 g/mol. The minimum Gasteiger partial charge on any atom is -0.0829 e. The lowest BCUT2D eigenvalue weighted by Gasteiger charge is -2.07. The molecule has 0 heterocycles. The van der Waals surface area contributed by atoms with Crippen molar-refractivity contribution in [2.45, 2.75) is 5.67 Å². The zero-order valence-electron chi connectivity index (χ0n) is 10.1. The molecule has 0 atom stereocenters. The third-order valence-corrected chi connectivity index (χ3v) is 10.2. The van der Waals surface area contributed by atoms with Crippen LogP contribution in [0.4, 0.5) is 0 Å². The summed E-state index contributed by atoms with van der Waals surface area (Å²) in [5.74, 6) is 0. The molecule has 2 aromatic rings. The third-order valence-electron chi connectivity index (χ3n) is 2.96. The van der Waals surface area contributed by atoms with Gasteiger partial charge in [0.15, 0.2) is 0 Å². The average molecular weight is 366 g/mol. The Balaban J connectivity index is 2.00. The SMILES string of the molecule is Clc1cccc([SiH2]C[SiH2]c2cccc(Cl)c2Cl)c1Cl. The molecule has 0 aliphatic rings. The smallest absolute Gasteiger partial charge is 0.0590 e. The number of benzene rings is 2. The molecule has 0 N–H and O–H groups in total. The number of halogens is 4. The van der Waals surface area contributed by atoms with E-state index >= 15 is 0 Å². The van der Waals surface area contributed by atoms with Gasteiger partial charge < -0.3 is 0 Å². The van der Waals surface area contributed by atoms with Crippen molar-refractivity contribution in [3.8, 4) is 0 Å². The Hall–Kier alpha value is 0.0338. The fourth-order valence-corrected chi connectivity index (χ4v) is 8.56. The summed E-state index contributed by atoms with van der Waals surface area (Å²) in [7, 11) is -0.780. The molecule has 0 saturated carbocycles. The number of rotatable bonds is 4. The third kappa shape index (κ3) is 4.00. The van der Waals surface area contributed by atoms with Crippen LogP contribution in [0.15, 0.2) is 36.4 Å². The van der Waals surface area contributed by atoms with E-state index in [2.05, 4.69) is 12.1 Å². The summed E-state index contributed by atoms with van der Waals surface area (Å²) in [5, 5.41) is 5.21. The number of hydrogen-bond acceptors (Lipinski definition) is 0. The lowest BCUT2D eigenvalue weighted by Crippen LogP contribution is -2.23. The van der Waals surface area contributed by atoms with Crippen molar-refractivity contribution in [2.75, 3.05) is 0 Å². The first-order chi connectivity index (χ1) is 9.09. The summed E-state index contributed by atoms with van der Waals surface area (Å²) in [6, 6.07) is 11.7. The Morgan fingerprint density at radius 2 is 1.11 bits per heavy atom. The fourth-order valence-electron chi connectivity index (χ4n) is 1.95. The predicted molar refractivity (Wildman–Crippen MR) is 94.1 cm³/mol. The largest absolute Gasteiger partial charge is 0.0829 e. The molecule has 0 unspecified atom stereocenters. The molecule has 0 radical (unpaired) electrons. The second kappa shape index (κ2) is 7.16. The molecule has 0 aliphatic heterocycles. The van der Waals surface area contributed by atoms with Crippen molar-refractivity contribution >= 4 is 75.8 Å². The van der Waals surface area contributed by atoms with Crippen LogP contribution < -0.4 is 10.4 Å². The molecule has 2 aromatic carbocycles. The van der Waals surface area contributed by atoms with Crippen molar-refractivity contribution in [1.29, 1.82) is 0 Å². The highest BCUT2D eigenvalue weighted by Crippen LogP contribution is 2.19. The van der Waals surface area contributed by atoms with Crippen LogP contribution in [0, 0.1) is 0 Å². The van der Waals surface area contributed by atoms with E-state index in [4.69, 9.17) is 46.4 Å². The van der Waals surface area contributed by atoms with Gasteiger partial charge in [-0.2, -0.15) is 0 Å². The maximum absolute atomic E-state index is 6.20. The Labute approximate surface area is 137 Å². The van der Waals surface area contributed by atoms with Gasteiger partial charge in [0.1, 0.15) is 0 Å². The molecule has 100 valence electrons. The van der Waals surface area contributed by atoms with Gasteiger partial charge in [0.05, 0.1) is 39.1 Å². The zero-order valence-corrected chi connectivity index (χ0v) is 15.9. The quantitative estimate of drug-likeness (QED) is 0.730. The summed E-state index contributed by atoms with van der Waals surface area (Å²) < 4.78 is 0. The highest BCUT2D eigenvalue weighted by Gasteiger charge is 2.07. The van der Waals surface area contributed by atoms with Crippen molar-refractivity contribution in [3.63, 3.8) is 0 Å². The minimum absolute atomic E-state index is 0.390. The molecule has 0 aromatic heterocycles. The molecule has 0 bridgehead atoms. The summed E-state index contributed by atoms with van der Waals surface area (Å²) in [4.78, 5) is 0. The van der Waals surface area contributed by atoms with Gasteiger partial charge in [0.25, 0.3) is 0 Å². The summed E-state index contributed by atoms with van der Waals surface area (Å²) in [5.41, 5.74) is 1.22. The monoisotopic (exact) mass is 364 g/mol. The average Bonchev–Trinajstić information content (AvgIpc) is 2.39. The highest BCUT2D eigenvalue weighted by molar-refractivity contribution is 6.74.